The molecule has 2 rings (SSSR count). The van der Waals surface area contributed by atoms with Crippen LogP contribution < -0.4 is 10.1 Å². The van der Waals surface area contributed by atoms with Gasteiger partial charge in [-0.3, -0.25) is 9.78 Å². The third-order valence-electron chi connectivity index (χ3n) is 3.05. The van der Waals surface area contributed by atoms with Crippen LogP contribution in [-0.2, 0) is 9.53 Å². The quantitative estimate of drug-likeness (QED) is 0.761. The van der Waals surface area contributed by atoms with Gasteiger partial charge in [0.2, 0.25) is 0 Å². The second-order valence-corrected chi connectivity index (χ2v) is 5.24. The summed E-state index contributed by atoms with van der Waals surface area (Å²) in [6.45, 7) is 5.20. The summed E-state index contributed by atoms with van der Waals surface area (Å²) < 4.78 is 11.0. The van der Waals surface area contributed by atoms with Crippen LogP contribution in [0, 0.1) is 0 Å². The molecule has 0 saturated carbocycles. The largest absolute Gasteiger partial charge is 0.481 e. The van der Waals surface area contributed by atoms with Gasteiger partial charge in [-0.05, 0) is 32.4 Å². The van der Waals surface area contributed by atoms with Gasteiger partial charge in [0.25, 0.3) is 5.91 Å². The first-order chi connectivity index (χ1) is 10.7. The number of rotatable bonds is 8. The summed E-state index contributed by atoms with van der Waals surface area (Å²) in [5.41, 5.74) is 0.767. The lowest BCUT2D eigenvalue weighted by atomic mass is 10.2. The van der Waals surface area contributed by atoms with E-state index in [9.17, 15) is 4.79 Å². The summed E-state index contributed by atoms with van der Waals surface area (Å²) in [4.78, 5) is 16.0. The van der Waals surface area contributed by atoms with Crippen LogP contribution in [0.5, 0.6) is 5.75 Å². The number of fused-ring (bicyclic) bond motifs is 1. The van der Waals surface area contributed by atoms with E-state index in [1.807, 2.05) is 44.2 Å². The van der Waals surface area contributed by atoms with Gasteiger partial charge in [-0.15, -0.1) is 0 Å². The number of para-hydroxylation sites is 1. The van der Waals surface area contributed by atoms with Crippen molar-refractivity contribution in [2.45, 2.75) is 26.4 Å². The number of aromatic nitrogens is 1. The van der Waals surface area contributed by atoms with Crippen LogP contribution in [0.4, 0.5) is 0 Å². The van der Waals surface area contributed by atoms with Crippen LogP contribution in [-0.4, -0.2) is 36.8 Å². The minimum Gasteiger partial charge on any atom is -0.481 e. The minimum absolute atomic E-state index is 0.0132. The topological polar surface area (TPSA) is 60.5 Å². The molecule has 5 nitrogen and oxygen atoms in total. The second-order valence-electron chi connectivity index (χ2n) is 5.24. The van der Waals surface area contributed by atoms with Crippen molar-refractivity contribution >= 4 is 16.8 Å². The lowest BCUT2D eigenvalue weighted by Gasteiger charge is -2.10. The molecule has 5 heteroatoms. The Balaban J connectivity index is 1.76. The van der Waals surface area contributed by atoms with E-state index < -0.39 is 0 Å². The maximum atomic E-state index is 11.8. The highest BCUT2D eigenvalue weighted by atomic mass is 16.5. The van der Waals surface area contributed by atoms with Gasteiger partial charge >= 0.3 is 0 Å². The highest BCUT2D eigenvalue weighted by molar-refractivity contribution is 5.85. The molecule has 118 valence electrons. The summed E-state index contributed by atoms with van der Waals surface area (Å²) in [6, 6.07) is 9.51. The fourth-order valence-corrected chi connectivity index (χ4v) is 2.01. The lowest BCUT2D eigenvalue weighted by molar-refractivity contribution is -0.123. The number of benzene rings is 1. The Bertz CT molecular complexity index is 608. The molecule has 1 amide bonds. The van der Waals surface area contributed by atoms with E-state index >= 15 is 0 Å². The van der Waals surface area contributed by atoms with Crippen LogP contribution in [0.1, 0.15) is 20.3 Å². The van der Waals surface area contributed by atoms with Crippen molar-refractivity contribution in [3.8, 4) is 5.75 Å². The Morgan fingerprint density at radius 2 is 2.09 bits per heavy atom. The molecular formula is C17H22N2O3. The number of carbonyl (C=O) groups is 1. The molecule has 0 spiro atoms. The molecule has 0 atom stereocenters. The van der Waals surface area contributed by atoms with E-state index in [2.05, 4.69) is 10.3 Å². The molecule has 1 heterocycles. The van der Waals surface area contributed by atoms with Crippen molar-refractivity contribution in [3.63, 3.8) is 0 Å². The van der Waals surface area contributed by atoms with Crippen LogP contribution >= 0.6 is 0 Å². The number of nitrogens with zero attached hydrogens (tertiary/aromatic N) is 1. The third-order valence-corrected chi connectivity index (χ3v) is 3.05. The van der Waals surface area contributed by atoms with E-state index in [1.165, 1.54) is 0 Å². The summed E-state index contributed by atoms with van der Waals surface area (Å²) in [7, 11) is 0. The fourth-order valence-electron chi connectivity index (χ4n) is 2.01. The van der Waals surface area contributed by atoms with Gasteiger partial charge in [-0.25, -0.2) is 0 Å². The molecule has 0 unspecified atom stereocenters. The molecule has 2 aromatic rings. The zero-order valence-electron chi connectivity index (χ0n) is 13.0. The van der Waals surface area contributed by atoms with Gasteiger partial charge in [0, 0.05) is 24.7 Å². The molecule has 0 aliphatic rings. The van der Waals surface area contributed by atoms with E-state index in [0.29, 0.717) is 18.9 Å². The average Bonchev–Trinajstić information content (AvgIpc) is 2.52. The number of nitrogens with one attached hydrogen (secondary N) is 1. The van der Waals surface area contributed by atoms with Crippen molar-refractivity contribution in [1.29, 1.82) is 0 Å². The molecular weight excluding hydrogens is 280 g/mol. The highest BCUT2D eigenvalue weighted by Gasteiger charge is 2.06. The zero-order chi connectivity index (χ0) is 15.8. The molecule has 0 aliphatic heterocycles. The number of hydrogen-bond donors (Lipinski definition) is 1. The molecule has 0 bridgehead atoms. The van der Waals surface area contributed by atoms with Gasteiger partial charge < -0.3 is 14.8 Å². The lowest BCUT2D eigenvalue weighted by Crippen LogP contribution is -2.30. The first kappa shape index (κ1) is 16.2. The van der Waals surface area contributed by atoms with E-state index in [4.69, 9.17) is 9.47 Å². The summed E-state index contributed by atoms with van der Waals surface area (Å²) in [5, 5.41) is 3.80. The Morgan fingerprint density at radius 3 is 2.91 bits per heavy atom. The number of ether oxygens (including phenoxy) is 2. The van der Waals surface area contributed by atoms with Crippen LogP contribution in [0.15, 0.2) is 36.5 Å². The molecule has 22 heavy (non-hydrogen) atoms. The molecule has 1 aromatic heterocycles. The van der Waals surface area contributed by atoms with Gasteiger partial charge in [0.05, 0.1) is 6.10 Å². The molecule has 1 aromatic carbocycles. The van der Waals surface area contributed by atoms with E-state index in [-0.39, 0.29) is 18.6 Å². The fraction of sp³-hybridized carbons (Fsp3) is 0.412. The maximum Gasteiger partial charge on any atom is 0.257 e. The number of carbonyl (C=O) groups excluding carboxylic acids is 1. The Hall–Kier alpha value is -2.14. The van der Waals surface area contributed by atoms with Crippen molar-refractivity contribution < 1.29 is 14.3 Å². The smallest absolute Gasteiger partial charge is 0.257 e. The van der Waals surface area contributed by atoms with Crippen molar-refractivity contribution in [3.05, 3.63) is 36.5 Å². The maximum absolute atomic E-state index is 11.8. The van der Waals surface area contributed by atoms with E-state index in [0.717, 1.165) is 17.3 Å². The van der Waals surface area contributed by atoms with E-state index in [1.54, 1.807) is 6.20 Å². The molecule has 0 fully saturated rings. The number of hydrogen-bond acceptors (Lipinski definition) is 4. The SMILES string of the molecule is CC(C)OCCCNC(=O)COc1cccc2cccnc12. The average molecular weight is 302 g/mol. The first-order valence-electron chi connectivity index (χ1n) is 7.51. The number of pyridine rings is 1. The summed E-state index contributed by atoms with van der Waals surface area (Å²) in [5.74, 6) is 0.480. The van der Waals surface area contributed by atoms with Gasteiger partial charge in [0.1, 0.15) is 11.3 Å². The van der Waals surface area contributed by atoms with Gasteiger partial charge in [0.15, 0.2) is 6.61 Å². The molecule has 0 saturated heterocycles. The molecule has 1 N–H and O–H groups in total. The normalized spacial score (nSPS) is 10.9. The van der Waals surface area contributed by atoms with Crippen molar-refractivity contribution in [1.82, 2.24) is 10.3 Å². The second kappa shape index (κ2) is 8.34. The predicted molar refractivity (Wildman–Crippen MR) is 86.0 cm³/mol. The number of amides is 1. The third kappa shape index (κ3) is 5.00. The van der Waals surface area contributed by atoms with Gasteiger partial charge in [-0.1, -0.05) is 18.2 Å². The monoisotopic (exact) mass is 302 g/mol. The minimum atomic E-state index is -0.141. The standard InChI is InChI=1S/C17H22N2O3/c1-13(2)21-11-5-10-18-16(20)12-22-15-8-3-6-14-7-4-9-19-17(14)15/h3-4,6-9,13H,5,10-12H2,1-2H3,(H,18,20). The molecule has 0 radical (unpaired) electrons. The highest BCUT2D eigenvalue weighted by Crippen LogP contribution is 2.22. The van der Waals surface area contributed by atoms with Gasteiger partial charge in [-0.2, -0.15) is 0 Å². The van der Waals surface area contributed by atoms with Crippen LogP contribution in [0.3, 0.4) is 0 Å². The van der Waals surface area contributed by atoms with Crippen LogP contribution in [0.25, 0.3) is 10.9 Å². The Morgan fingerprint density at radius 1 is 1.27 bits per heavy atom. The van der Waals surface area contributed by atoms with Crippen molar-refractivity contribution in [2.75, 3.05) is 19.8 Å². The first-order valence-corrected chi connectivity index (χ1v) is 7.51. The summed E-state index contributed by atoms with van der Waals surface area (Å²) in [6.07, 6.45) is 2.72. The predicted octanol–water partition coefficient (Wildman–Crippen LogP) is 2.54. The molecule has 0 aliphatic carbocycles. The summed E-state index contributed by atoms with van der Waals surface area (Å²) >= 11 is 0. The van der Waals surface area contributed by atoms with Crippen LogP contribution in [0.2, 0.25) is 0 Å². The zero-order valence-corrected chi connectivity index (χ0v) is 13.0. The Labute approximate surface area is 130 Å². The van der Waals surface area contributed by atoms with Crippen molar-refractivity contribution in [2.24, 2.45) is 0 Å². The Kier molecular flexibility index (Phi) is 6.15.